The van der Waals surface area contributed by atoms with Crippen LogP contribution in [-0.4, -0.2) is 22.0 Å². The molecule has 1 heterocycles. The van der Waals surface area contributed by atoms with Gasteiger partial charge in [-0.1, -0.05) is 72.3 Å². The third-order valence-electron chi connectivity index (χ3n) is 4.70. The molecule has 158 valence electrons. The van der Waals surface area contributed by atoms with Crippen molar-refractivity contribution in [3.8, 4) is 22.9 Å². The van der Waals surface area contributed by atoms with E-state index in [0.29, 0.717) is 40.3 Å². The lowest BCUT2D eigenvalue weighted by Gasteiger charge is -2.15. The minimum atomic E-state index is 0.418. The number of benzene rings is 3. The first-order valence-electron chi connectivity index (χ1n) is 9.65. The summed E-state index contributed by atoms with van der Waals surface area (Å²) in [6, 6.07) is 23.4. The molecule has 0 amide bonds. The third-order valence-corrected chi connectivity index (χ3v) is 5.33. The molecule has 0 unspecified atom stereocenters. The van der Waals surface area contributed by atoms with Gasteiger partial charge in [0.15, 0.2) is 17.3 Å². The monoisotopic (exact) mass is 452 g/mol. The number of aromatic nitrogens is 3. The fraction of sp³-hybridized carbons (Fsp3) is 0.130. The maximum Gasteiger partial charge on any atom is 0.214 e. The van der Waals surface area contributed by atoms with Gasteiger partial charge in [0.2, 0.25) is 4.77 Å². The number of halogens is 1. The van der Waals surface area contributed by atoms with E-state index in [4.69, 9.17) is 33.3 Å². The number of methoxy groups -OCH3 is 1. The van der Waals surface area contributed by atoms with E-state index in [2.05, 4.69) is 15.6 Å². The first kappa shape index (κ1) is 21.0. The van der Waals surface area contributed by atoms with Gasteiger partial charge in [0.1, 0.15) is 6.61 Å². The zero-order valence-electron chi connectivity index (χ0n) is 16.8. The number of ether oxygens (including phenoxy) is 2. The quantitative estimate of drug-likeness (QED) is 0.341. The van der Waals surface area contributed by atoms with Crippen molar-refractivity contribution >= 4 is 23.8 Å². The van der Waals surface area contributed by atoms with Gasteiger partial charge in [-0.25, -0.2) is 9.77 Å². The Hall–Kier alpha value is -3.29. The fourth-order valence-corrected chi connectivity index (χ4v) is 3.53. The zero-order valence-corrected chi connectivity index (χ0v) is 18.4. The second-order valence-corrected chi connectivity index (χ2v) is 7.55. The highest BCUT2D eigenvalue weighted by atomic mass is 35.5. The Morgan fingerprint density at radius 1 is 1.03 bits per heavy atom. The van der Waals surface area contributed by atoms with Crippen LogP contribution in [0.2, 0.25) is 5.02 Å². The summed E-state index contributed by atoms with van der Waals surface area (Å²) in [5.74, 6) is 1.89. The summed E-state index contributed by atoms with van der Waals surface area (Å²) >= 11 is 11.9. The molecule has 4 aromatic rings. The van der Waals surface area contributed by atoms with Gasteiger partial charge in [-0.15, -0.1) is 0 Å². The Balaban J connectivity index is 1.52. The molecule has 0 bridgehead atoms. The highest BCUT2D eigenvalue weighted by molar-refractivity contribution is 7.71. The molecule has 0 radical (unpaired) electrons. The smallest absolute Gasteiger partial charge is 0.214 e. The first-order chi connectivity index (χ1) is 15.2. The van der Waals surface area contributed by atoms with Crippen LogP contribution in [-0.2, 0) is 13.2 Å². The fourth-order valence-electron chi connectivity index (χ4n) is 3.11. The molecule has 0 aliphatic rings. The molecule has 0 fully saturated rings. The number of nitrogens with one attached hydrogen (secondary N) is 2. The van der Waals surface area contributed by atoms with E-state index in [-0.39, 0.29) is 0 Å². The van der Waals surface area contributed by atoms with Crippen LogP contribution < -0.4 is 14.9 Å². The van der Waals surface area contributed by atoms with E-state index in [1.807, 2.05) is 66.7 Å². The third kappa shape index (κ3) is 4.90. The van der Waals surface area contributed by atoms with Crippen LogP contribution in [0.1, 0.15) is 11.1 Å². The Kier molecular flexibility index (Phi) is 6.54. The van der Waals surface area contributed by atoms with Crippen molar-refractivity contribution in [2.24, 2.45) is 0 Å². The van der Waals surface area contributed by atoms with Crippen LogP contribution in [0.3, 0.4) is 0 Å². The SMILES string of the molecule is COc1cc(CNn2c(-c3ccccc3)n[nH]c2=S)c(Cl)cc1OCc1ccccc1. The molecule has 0 atom stereocenters. The van der Waals surface area contributed by atoms with Crippen molar-refractivity contribution in [2.45, 2.75) is 13.2 Å². The second-order valence-electron chi connectivity index (χ2n) is 6.76. The molecule has 3 aromatic carbocycles. The first-order valence-corrected chi connectivity index (χ1v) is 10.4. The number of rotatable bonds is 8. The topological polar surface area (TPSA) is 64.1 Å². The highest BCUT2D eigenvalue weighted by Crippen LogP contribution is 2.34. The summed E-state index contributed by atoms with van der Waals surface area (Å²) < 4.78 is 13.6. The molecule has 31 heavy (non-hydrogen) atoms. The molecule has 0 saturated carbocycles. The average molecular weight is 453 g/mol. The van der Waals surface area contributed by atoms with Crippen molar-refractivity contribution in [3.05, 3.63) is 93.7 Å². The standard InChI is InChI=1S/C23H21ClN4O2S/c1-29-20-12-18(19(24)13-21(20)30-15-16-8-4-2-5-9-16)14-25-28-22(26-27-23(28)31)17-10-6-3-7-11-17/h2-13,25H,14-15H2,1H3,(H,27,31). The van der Waals surface area contributed by atoms with Crippen molar-refractivity contribution in [2.75, 3.05) is 12.5 Å². The predicted molar refractivity (Wildman–Crippen MR) is 125 cm³/mol. The van der Waals surface area contributed by atoms with Crippen molar-refractivity contribution < 1.29 is 9.47 Å². The maximum atomic E-state index is 6.54. The van der Waals surface area contributed by atoms with E-state index in [1.54, 1.807) is 17.9 Å². The summed E-state index contributed by atoms with van der Waals surface area (Å²) in [6.07, 6.45) is 0. The van der Waals surface area contributed by atoms with Crippen molar-refractivity contribution in [1.29, 1.82) is 0 Å². The summed E-state index contributed by atoms with van der Waals surface area (Å²) in [6.45, 7) is 0.845. The molecule has 0 saturated heterocycles. The Morgan fingerprint density at radius 3 is 2.45 bits per heavy atom. The largest absolute Gasteiger partial charge is 0.493 e. The molecule has 1 aromatic heterocycles. The van der Waals surface area contributed by atoms with E-state index in [9.17, 15) is 0 Å². The van der Waals surface area contributed by atoms with Gasteiger partial charge in [-0.2, -0.15) is 5.10 Å². The van der Waals surface area contributed by atoms with Crippen LogP contribution in [0.15, 0.2) is 72.8 Å². The normalized spacial score (nSPS) is 10.6. The number of H-pyrrole nitrogens is 1. The molecule has 0 spiro atoms. The van der Waals surface area contributed by atoms with Crippen LogP contribution in [0, 0.1) is 4.77 Å². The van der Waals surface area contributed by atoms with Crippen molar-refractivity contribution in [3.63, 3.8) is 0 Å². The van der Waals surface area contributed by atoms with E-state index in [1.165, 1.54) is 0 Å². The lowest BCUT2D eigenvalue weighted by molar-refractivity contribution is 0.284. The predicted octanol–water partition coefficient (Wildman–Crippen LogP) is 5.59. The number of hydrogen-bond donors (Lipinski definition) is 2. The molecule has 8 heteroatoms. The molecule has 4 rings (SSSR count). The molecular weight excluding hydrogens is 432 g/mol. The summed E-state index contributed by atoms with van der Waals surface area (Å²) in [7, 11) is 1.61. The summed E-state index contributed by atoms with van der Waals surface area (Å²) in [4.78, 5) is 0. The second kappa shape index (κ2) is 9.68. The van der Waals surface area contributed by atoms with Gasteiger partial charge < -0.3 is 14.9 Å². The van der Waals surface area contributed by atoms with Gasteiger partial charge in [-0.3, -0.25) is 0 Å². The van der Waals surface area contributed by atoms with Gasteiger partial charge in [-0.05, 0) is 29.4 Å². The average Bonchev–Trinajstić information content (AvgIpc) is 3.18. The molecule has 6 nitrogen and oxygen atoms in total. The maximum absolute atomic E-state index is 6.54. The minimum Gasteiger partial charge on any atom is -0.493 e. The van der Waals surface area contributed by atoms with Crippen LogP contribution >= 0.6 is 23.8 Å². The number of nitrogens with zero attached hydrogens (tertiary/aromatic N) is 2. The van der Waals surface area contributed by atoms with Gasteiger partial charge in [0.05, 0.1) is 13.7 Å². The number of hydrogen-bond acceptors (Lipinski definition) is 5. The zero-order chi connectivity index (χ0) is 21.6. The Morgan fingerprint density at radius 2 is 1.74 bits per heavy atom. The molecule has 0 aliphatic heterocycles. The Bertz CT molecular complexity index is 1210. The Labute approximate surface area is 190 Å². The van der Waals surface area contributed by atoms with E-state index in [0.717, 1.165) is 16.7 Å². The van der Waals surface area contributed by atoms with Crippen LogP contribution in [0.5, 0.6) is 11.5 Å². The lowest BCUT2D eigenvalue weighted by atomic mass is 10.2. The number of aromatic amines is 1. The van der Waals surface area contributed by atoms with Crippen LogP contribution in [0.4, 0.5) is 0 Å². The van der Waals surface area contributed by atoms with E-state index >= 15 is 0 Å². The molecular formula is C23H21ClN4O2S. The summed E-state index contributed by atoms with van der Waals surface area (Å²) in [5, 5.41) is 7.72. The molecule has 0 aliphatic carbocycles. The van der Waals surface area contributed by atoms with Gasteiger partial charge in [0.25, 0.3) is 0 Å². The molecule has 2 N–H and O–H groups in total. The minimum absolute atomic E-state index is 0.418. The van der Waals surface area contributed by atoms with Gasteiger partial charge in [0, 0.05) is 16.7 Å². The van der Waals surface area contributed by atoms with E-state index < -0.39 is 0 Å². The van der Waals surface area contributed by atoms with Gasteiger partial charge >= 0.3 is 0 Å². The lowest BCUT2D eigenvalue weighted by Crippen LogP contribution is -2.16. The van der Waals surface area contributed by atoms with Crippen LogP contribution in [0.25, 0.3) is 11.4 Å². The summed E-state index contributed by atoms with van der Waals surface area (Å²) in [5.41, 5.74) is 6.13. The highest BCUT2D eigenvalue weighted by Gasteiger charge is 2.13. The van der Waals surface area contributed by atoms with Crippen molar-refractivity contribution in [1.82, 2.24) is 14.9 Å².